The molecular weight excluding hydrogens is 274 g/mol. The Morgan fingerprint density at radius 1 is 1.19 bits per heavy atom. The van der Waals surface area contributed by atoms with Gasteiger partial charge < -0.3 is 0 Å². The Labute approximate surface area is 121 Å². The molecule has 1 aliphatic rings. The van der Waals surface area contributed by atoms with E-state index >= 15 is 0 Å². The van der Waals surface area contributed by atoms with Crippen LogP contribution in [0.3, 0.4) is 0 Å². The zero-order chi connectivity index (χ0) is 14.8. The number of nitrogens with zero attached hydrogens (tertiary/aromatic N) is 2. The molecule has 1 aliphatic carbocycles. The van der Waals surface area contributed by atoms with Gasteiger partial charge in [0, 0.05) is 6.20 Å². The molecule has 0 spiro atoms. The van der Waals surface area contributed by atoms with Crippen molar-refractivity contribution in [3.8, 4) is 0 Å². The average molecular weight is 290 g/mol. The Balaban J connectivity index is 1.76. The van der Waals surface area contributed by atoms with Crippen molar-refractivity contribution in [2.75, 3.05) is 0 Å². The van der Waals surface area contributed by atoms with Gasteiger partial charge in [0.25, 0.3) is 0 Å². The number of hydrogen-bond acceptors (Lipinski definition) is 2. The van der Waals surface area contributed by atoms with Gasteiger partial charge >= 0.3 is 0 Å². The van der Waals surface area contributed by atoms with Gasteiger partial charge in [-0.05, 0) is 31.0 Å². The number of aromatic nitrogens is 2. The molecule has 0 bridgehead atoms. The summed E-state index contributed by atoms with van der Waals surface area (Å²) in [6, 6.07) is 5.56. The van der Waals surface area contributed by atoms with Crippen molar-refractivity contribution in [2.24, 2.45) is 0 Å². The fourth-order valence-electron chi connectivity index (χ4n) is 2.86. The number of rotatable bonds is 4. The smallest absolute Gasteiger partial charge is 0.174 e. The first-order valence-corrected chi connectivity index (χ1v) is 7.16. The van der Waals surface area contributed by atoms with E-state index < -0.39 is 23.0 Å². The van der Waals surface area contributed by atoms with Crippen molar-refractivity contribution < 1.29 is 13.6 Å². The third-order valence-electron chi connectivity index (χ3n) is 3.95. The lowest BCUT2D eigenvalue weighted by molar-refractivity contribution is 0.0983. The Kier molecular flexibility index (Phi) is 3.82. The van der Waals surface area contributed by atoms with E-state index in [1.54, 1.807) is 6.07 Å². The summed E-state index contributed by atoms with van der Waals surface area (Å²) in [6.45, 7) is 0. The maximum atomic E-state index is 13.6. The van der Waals surface area contributed by atoms with Gasteiger partial charge in [-0.1, -0.05) is 18.9 Å². The first-order chi connectivity index (χ1) is 10.1. The molecule has 0 unspecified atom stereocenters. The van der Waals surface area contributed by atoms with E-state index in [2.05, 4.69) is 5.10 Å². The number of carbonyl (C=O) groups is 1. The van der Waals surface area contributed by atoms with Crippen LogP contribution in [0.2, 0.25) is 0 Å². The van der Waals surface area contributed by atoms with Gasteiger partial charge in [-0.3, -0.25) is 9.48 Å². The molecule has 0 atom stereocenters. The van der Waals surface area contributed by atoms with Gasteiger partial charge in [-0.25, -0.2) is 8.78 Å². The molecule has 3 rings (SSSR count). The third-order valence-corrected chi connectivity index (χ3v) is 3.95. The summed E-state index contributed by atoms with van der Waals surface area (Å²) in [4.78, 5) is 12.1. The Morgan fingerprint density at radius 3 is 2.52 bits per heavy atom. The van der Waals surface area contributed by atoms with E-state index in [4.69, 9.17) is 0 Å². The van der Waals surface area contributed by atoms with Gasteiger partial charge in [0.2, 0.25) is 0 Å². The standard InChI is InChI=1S/C16H16F2N2O/c17-13-6-3-7-14(18)16(13)15(21)10-11-8-9-20(19-11)12-4-1-2-5-12/h3,6-9,12H,1-2,4-5,10H2. The van der Waals surface area contributed by atoms with Crippen molar-refractivity contribution in [1.82, 2.24) is 9.78 Å². The molecule has 2 aromatic rings. The van der Waals surface area contributed by atoms with Crippen molar-refractivity contribution in [1.29, 1.82) is 0 Å². The second-order valence-electron chi connectivity index (χ2n) is 5.42. The van der Waals surface area contributed by atoms with Crippen molar-refractivity contribution in [3.63, 3.8) is 0 Å². The predicted octanol–water partition coefficient (Wildman–Crippen LogP) is 3.70. The zero-order valence-corrected chi connectivity index (χ0v) is 11.6. The highest BCUT2D eigenvalue weighted by molar-refractivity contribution is 5.97. The molecule has 110 valence electrons. The summed E-state index contributed by atoms with van der Waals surface area (Å²) in [5, 5.41) is 4.37. The van der Waals surface area contributed by atoms with Crippen LogP contribution >= 0.6 is 0 Å². The molecule has 5 heteroatoms. The summed E-state index contributed by atoms with van der Waals surface area (Å²) in [5.74, 6) is -2.23. The minimum absolute atomic E-state index is 0.0857. The third kappa shape index (κ3) is 2.86. The molecule has 0 aliphatic heterocycles. The average Bonchev–Trinajstić information content (AvgIpc) is 3.08. The maximum Gasteiger partial charge on any atom is 0.174 e. The molecule has 1 saturated carbocycles. The highest BCUT2D eigenvalue weighted by atomic mass is 19.1. The van der Waals surface area contributed by atoms with Crippen molar-refractivity contribution in [3.05, 3.63) is 53.4 Å². The maximum absolute atomic E-state index is 13.6. The Morgan fingerprint density at radius 2 is 1.86 bits per heavy atom. The van der Waals surface area contributed by atoms with Gasteiger partial charge in [-0.2, -0.15) is 5.10 Å². The summed E-state index contributed by atoms with van der Waals surface area (Å²) < 4.78 is 29.0. The fraction of sp³-hybridized carbons (Fsp3) is 0.375. The Hall–Kier alpha value is -2.04. The highest BCUT2D eigenvalue weighted by Crippen LogP contribution is 2.28. The van der Waals surface area contributed by atoms with Crippen LogP contribution in [0.1, 0.15) is 47.8 Å². The van der Waals surface area contributed by atoms with Gasteiger partial charge in [-0.15, -0.1) is 0 Å². The minimum Gasteiger partial charge on any atom is -0.294 e. The van der Waals surface area contributed by atoms with E-state index in [0.717, 1.165) is 25.0 Å². The van der Waals surface area contributed by atoms with Crippen LogP contribution in [0, 0.1) is 11.6 Å². The lowest BCUT2D eigenvalue weighted by Crippen LogP contribution is -2.11. The second kappa shape index (κ2) is 5.76. The topological polar surface area (TPSA) is 34.9 Å². The van der Waals surface area contributed by atoms with Crippen LogP contribution in [-0.2, 0) is 6.42 Å². The first kappa shape index (κ1) is 13.9. The molecule has 1 fully saturated rings. The normalized spacial score (nSPS) is 15.5. The van der Waals surface area contributed by atoms with Gasteiger partial charge in [0.15, 0.2) is 5.78 Å². The first-order valence-electron chi connectivity index (χ1n) is 7.16. The van der Waals surface area contributed by atoms with E-state index in [9.17, 15) is 13.6 Å². The van der Waals surface area contributed by atoms with E-state index in [1.807, 2.05) is 10.9 Å². The summed E-state index contributed by atoms with van der Waals surface area (Å²) in [5.41, 5.74) is 0.0717. The SMILES string of the molecule is O=C(Cc1ccn(C2CCCC2)n1)c1c(F)cccc1F. The Bertz CT molecular complexity index is 640. The van der Waals surface area contributed by atoms with Gasteiger partial charge in [0.05, 0.1) is 23.7 Å². The van der Waals surface area contributed by atoms with Crippen molar-refractivity contribution >= 4 is 5.78 Å². The molecule has 3 nitrogen and oxygen atoms in total. The molecular formula is C16H16F2N2O. The number of benzene rings is 1. The number of carbonyl (C=O) groups excluding carboxylic acids is 1. The molecule has 1 aromatic carbocycles. The number of Topliss-reactive ketones (excluding diaryl/α,β-unsaturated/α-hetero) is 1. The summed E-state index contributed by atoms with van der Waals surface area (Å²) in [6.07, 6.45) is 6.33. The summed E-state index contributed by atoms with van der Waals surface area (Å²) >= 11 is 0. The molecule has 21 heavy (non-hydrogen) atoms. The van der Waals surface area contributed by atoms with Crippen molar-refractivity contribution in [2.45, 2.75) is 38.1 Å². The summed E-state index contributed by atoms with van der Waals surface area (Å²) in [7, 11) is 0. The fourth-order valence-corrected chi connectivity index (χ4v) is 2.86. The van der Waals surface area contributed by atoms with Crippen LogP contribution in [-0.4, -0.2) is 15.6 Å². The molecule has 1 aromatic heterocycles. The van der Waals surface area contributed by atoms with E-state index in [1.165, 1.54) is 18.9 Å². The molecule has 0 radical (unpaired) electrons. The number of halogens is 2. The highest BCUT2D eigenvalue weighted by Gasteiger charge is 2.20. The van der Waals surface area contributed by atoms with Crippen LogP contribution in [0.15, 0.2) is 30.5 Å². The van der Waals surface area contributed by atoms with E-state index in [0.29, 0.717) is 11.7 Å². The molecule has 0 saturated heterocycles. The molecule has 0 N–H and O–H groups in total. The van der Waals surface area contributed by atoms with Gasteiger partial charge in [0.1, 0.15) is 11.6 Å². The molecule has 1 heterocycles. The molecule has 0 amide bonds. The quantitative estimate of drug-likeness (QED) is 0.805. The second-order valence-corrected chi connectivity index (χ2v) is 5.42. The van der Waals surface area contributed by atoms with Crippen LogP contribution < -0.4 is 0 Å². The zero-order valence-electron chi connectivity index (χ0n) is 11.6. The largest absolute Gasteiger partial charge is 0.294 e. The van der Waals surface area contributed by atoms with Crippen LogP contribution in [0.4, 0.5) is 8.78 Å². The minimum atomic E-state index is -0.824. The number of hydrogen-bond donors (Lipinski definition) is 0. The lowest BCUT2D eigenvalue weighted by atomic mass is 10.1. The predicted molar refractivity (Wildman–Crippen MR) is 74.1 cm³/mol. The van der Waals surface area contributed by atoms with Crippen LogP contribution in [0.5, 0.6) is 0 Å². The monoisotopic (exact) mass is 290 g/mol. The lowest BCUT2D eigenvalue weighted by Gasteiger charge is -2.08. The van der Waals surface area contributed by atoms with Crippen LogP contribution in [0.25, 0.3) is 0 Å². The number of ketones is 1. The van der Waals surface area contributed by atoms with E-state index in [-0.39, 0.29) is 6.42 Å².